The van der Waals surface area contributed by atoms with Crippen LogP contribution in [0, 0.1) is 0 Å². The van der Waals surface area contributed by atoms with Gasteiger partial charge in [0.15, 0.2) is 11.6 Å². The molecule has 1 heterocycles. The van der Waals surface area contributed by atoms with Crippen LogP contribution in [0.25, 0.3) is 0 Å². The number of likely N-dealkylation sites (N-methyl/N-ethyl adjacent to an activating group) is 1. The van der Waals surface area contributed by atoms with Gasteiger partial charge in [0.25, 0.3) is 0 Å². The topological polar surface area (TPSA) is 70.1 Å². The van der Waals surface area contributed by atoms with Crippen molar-refractivity contribution >= 4 is 11.6 Å². The number of benzene rings is 2. The second-order valence-electron chi connectivity index (χ2n) is 7.84. The molecule has 2 aromatic rings. The van der Waals surface area contributed by atoms with Gasteiger partial charge in [-0.25, -0.2) is 0 Å². The Morgan fingerprint density at radius 2 is 1.55 bits per heavy atom. The Bertz CT molecular complexity index is 944. The molecule has 0 amide bonds. The summed E-state index contributed by atoms with van der Waals surface area (Å²) in [6.45, 7) is 7.07. The fraction of sp³-hybridized carbons (Fsp3) is 0.417. The van der Waals surface area contributed by atoms with E-state index in [0.717, 1.165) is 24.2 Å². The highest BCUT2D eigenvalue weighted by Gasteiger charge is 2.35. The van der Waals surface area contributed by atoms with Crippen molar-refractivity contribution in [3.63, 3.8) is 0 Å². The molecule has 152 valence electrons. The van der Waals surface area contributed by atoms with E-state index in [1.807, 2.05) is 12.1 Å². The Morgan fingerprint density at radius 3 is 2.10 bits per heavy atom. The van der Waals surface area contributed by atoms with Crippen LogP contribution >= 0.6 is 0 Å². The van der Waals surface area contributed by atoms with Crippen molar-refractivity contribution in [1.82, 2.24) is 4.90 Å². The van der Waals surface area contributed by atoms with Crippen LogP contribution in [-0.4, -0.2) is 60.0 Å². The highest BCUT2D eigenvalue weighted by atomic mass is 16.6. The van der Waals surface area contributed by atoms with Crippen LogP contribution in [0.3, 0.4) is 0 Å². The lowest BCUT2D eigenvalue weighted by Gasteiger charge is -2.25. The predicted octanol–water partition coefficient (Wildman–Crippen LogP) is 2.65. The van der Waals surface area contributed by atoms with Crippen LogP contribution in [0.5, 0.6) is 0 Å². The van der Waals surface area contributed by atoms with E-state index >= 15 is 0 Å². The minimum absolute atomic E-state index is 0.106. The van der Waals surface area contributed by atoms with Crippen molar-refractivity contribution in [2.24, 2.45) is 0 Å². The maximum absolute atomic E-state index is 13.4. The predicted molar refractivity (Wildman–Crippen MR) is 111 cm³/mol. The van der Waals surface area contributed by atoms with Gasteiger partial charge in [0.1, 0.15) is 0 Å². The Labute approximate surface area is 171 Å². The number of aliphatic hydroxyl groups excluding tert-OH is 1. The lowest BCUT2D eigenvalue weighted by molar-refractivity contribution is 0.0973. The van der Waals surface area contributed by atoms with Gasteiger partial charge in [-0.05, 0) is 24.2 Å². The lowest BCUT2D eigenvalue weighted by Crippen LogP contribution is -2.34. The maximum atomic E-state index is 13.4. The van der Waals surface area contributed by atoms with Crippen molar-refractivity contribution in [1.29, 1.82) is 0 Å². The van der Waals surface area contributed by atoms with E-state index < -0.39 is 6.10 Å². The number of ketones is 2. The molecular formula is C24H27NO4. The zero-order valence-electron chi connectivity index (χ0n) is 17.0. The quantitative estimate of drug-likeness (QED) is 0.596. The first-order valence-corrected chi connectivity index (χ1v) is 10.4. The van der Waals surface area contributed by atoms with Crippen LogP contribution in [0.15, 0.2) is 36.4 Å². The smallest absolute Gasteiger partial charge is 0.194 e. The number of nitrogens with zero attached hydrogens (tertiary/aromatic N) is 1. The average molecular weight is 393 g/mol. The summed E-state index contributed by atoms with van der Waals surface area (Å²) in [6, 6.07) is 10.8. The largest absolute Gasteiger partial charge is 0.391 e. The van der Waals surface area contributed by atoms with Gasteiger partial charge >= 0.3 is 0 Å². The Morgan fingerprint density at radius 1 is 1.00 bits per heavy atom. The number of aliphatic hydroxyl groups is 1. The molecule has 1 fully saturated rings. The number of hydrogen-bond acceptors (Lipinski definition) is 5. The third-order valence-corrected chi connectivity index (χ3v) is 5.92. The molecule has 2 atom stereocenters. The molecule has 0 saturated carbocycles. The summed E-state index contributed by atoms with van der Waals surface area (Å²) < 4.78 is 5.36. The monoisotopic (exact) mass is 393 g/mol. The molecule has 4 rings (SSSR count). The molecular weight excluding hydrogens is 366 g/mol. The fourth-order valence-corrected chi connectivity index (χ4v) is 4.23. The Balaban J connectivity index is 1.74. The van der Waals surface area contributed by atoms with Crippen LogP contribution < -0.4 is 0 Å². The lowest BCUT2D eigenvalue weighted by atomic mass is 9.78. The number of epoxide rings is 1. The number of fused-ring (bicyclic) bond motifs is 2. The summed E-state index contributed by atoms with van der Waals surface area (Å²) in [4.78, 5) is 28.8. The minimum atomic E-state index is -0.600. The molecule has 0 radical (unpaired) electrons. The summed E-state index contributed by atoms with van der Waals surface area (Å²) in [5.41, 5.74) is 3.47. The molecule has 29 heavy (non-hydrogen) atoms. The van der Waals surface area contributed by atoms with Gasteiger partial charge in [0, 0.05) is 41.6 Å². The molecule has 1 saturated heterocycles. The number of carbonyl (C=O) groups excluding carboxylic acids is 2. The second-order valence-corrected chi connectivity index (χ2v) is 7.84. The summed E-state index contributed by atoms with van der Waals surface area (Å²) in [6.07, 6.45) is 0.501. The molecule has 5 nitrogen and oxygen atoms in total. The van der Waals surface area contributed by atoms with Crippen LogP contribution in [0.2, 0.25) is 0 Å². The first-order chi connectivity index (χ1) is 14.0. The molecule has 0 spiro atoms. The van der Waals surface area contributed by atoms with Gasteiger partial charge in [-0.1, -0.05) is 50.2 Å². The van der Waals surface area contributed by atoms with Crippen LogP contribution in [0.4, 0.5) is 0 Å². The van der Waals surface area contributed by atoms with Gasteiger partial charge in [-0.3, -0.25) is 9.59 Å². The third kappa shape index (κ3) is 3.90. The van der Waals surface area contributed by atoms with Crippen molar-refractivity contribution < 1.29 is 19.4 Å². The SMILES string of the molecule is CCN(CC)CC(O)Cc1ccc(CC2CO2)c2c1C(=O)c1ccccc1C2=O. The fourth-order valence-electron chi connectivity index (χ4n) is 4.23. The van der Waals surface area contributed by atoms with E-state index in [4.69, 9.17) is 4.74 Å². The Kier molecular flexibility index (Phi) is 5.63. The van der Waals surface area contributed by atoms with Crippen LogP contribution in [-0.2, 0) is 17.6 Å². The van der Waals surface area contributed by atoms with Crippen molar-refractivity contribution in [3.8, 4) is 0 Å². The summed E-state index contributed by atoms with van der Waals surface area (Å²) in [5.74, 6) is -0.232. The van der Waals surface area contributed by atoms with Crippen molar-refractivity contribution in [2.75, 3.05) is 26.2 Å². The number of ether oxygens (including phenoxy) is 1. The van der Waals surface area contributed by atoms with E-state index in [0.29, 0.717) is 48.2 Å². The van der Waals surface area contributed by atoms with Crippen molar-refractivity contribution in [3.05, 3.63) is 69.8 Å². The standard InChI is InChI=1S/C24H27NO4/c1-3-25(4-2)13-17(26)11-15-9-10-16(12-18-14-29-18)22-21(15)23(27)19-7-5-6-8-20(19)24(22)28/h5-10,17-18,26H,3-4,11-14H2,1-2H3. The summed E-state index contributed by atoms with van der Waals surface area (Å²) in [7, 11) is 0. The molecule has 1 aliphatic carbocycles. The van der Waals surface area contributed by atoms with Crippen LogP contribution in [0.1, 0.15) is 56.8 Å². The van der Waals surface area contributed by atoms with Gasteiger partial charge < -0.3 is 14.7 Å². The highest BCUT2D eigenvalue weighted by molar-refractivity contribution is 6.29. The molecule has 0 aromatic heterocycles. The first kappa shape index (κ1) is 20.0. The molecule has 2 aromatic carbocycles. The number of hydrogen-bond donors (Lipinski definition) is 1. The van der Waals surface area contributed by atoms with Crippen molar-refractivity contribution in [2.45, 2.75) is 38.9 Å². The summed E-state index contributed by atoms with van der Waals surface area (Å²) in [5, 5.41) is 10.7. The molecule has 1 aliphatic heterocycles. The third-order valence-electron chi connectivity index (χ3n) is 5.92. The van der Waals surface area contributed by atoms with E-state index in [1.165, 1.54) is 0 Å². The van der Waals surface area contributed by atoms with E-state index in [1.54, 1.807) is 24.3 Å². The maximum Gasteiger partial charge on any atom is 0.194 e. The van der Waals surface area contributed by atoms with E-state index in [2.05, 4.69) is 18.7 Å². The molecule has 1 N–H and O–H groups in total. The average Bonchev–Trinajstić information content (AvgIpc) is 3.55. The van der Waals surface area contributed by atoms with Gasteiger partial charge in [0.2, 0.25) is 0 Å². The van der Waals surface area contributed by atoms with Gasteiger partial charge in [0.05, 0.1) is 18.8 Å². The summed E-state index contributed by atoms with van der Waals surface area (Å²) >= 11 is 0. The minimum Gasteiger partial charge on any atom is -0.391 e. The second kappa shape index (κ2) is 8.19. The molecule has 0 bridgehead atoms. The number of rotatable bonds is 8. The molecule has 2 unspecified atom stereocenters. The molecule has 2 aliphatic rings. The first-order valence-electron chi connectivity index (χ1n) is 10.4. The number of carbonyl (C=O) groups is 2. The van der Waals surface area contributed by atoms with Gasteiger partial charge in [-0.2, -0.15) is 0 Å². The van der Waals surface area contributed by atoms with E-state index in [9.17, 15) is 14.7 Å². The normalized spacial score (nSPS) is 18.6. The highest BCUT2D eigenvalue weighted by Crippen LogP contribution is 2.34. The van der Waals surface area contributed by atoms with Gasteiger partial charge in [-0.15, -0.1) is 0 Å². The zero-order chi connectivity index (χ0) is 20.5. The zero-order valence-corrected chi connectivity index (χ0v) is 17.0. The molecule has 5 heteroatoms. The van der Waals surface area contributed by atoms with E-state index in [-0.39, 0.29) is 17.7 Å². The Hall–Kier alpha value is -2.34.